The first-order valence-corrected chi connectivity index (χ1v) is 6.73. The molecule has 0 aromatic carbocycles. The number of halogens is 2. The fourth-order valence-corrected chi connectivity index (χ4v) is 1.54. The van der Waals surface area contributed by atoms with E-state index in [1.54, 1.807) is 0 Å². The molecule has 104 valence electrons. The zero-order valence-corrected chi connectivity index (χ0v) is 15.1. The van der Waals surface area contributed by atoms with Crippen molar-refractivity contribution in [1.29, 1.82) is 0 Å². The van der Waals surface area contributed by atoms with E-state index in [-0.39, 0.29) is 47.9 Å². The second-order valence-corrected chi connectivity index (χ2v) is 4.20. The van der Waals surface area contributed by atoms with Crippen molar-refractivity contribution in [2.24, 2.45) is 0 Å². The zero-order chi connectivity index (χ0) is 11.2. The van der Waals surface area contributed by atoms with Gasteiger partial charge in [-0.3, -0.25) is 0 Å². The molecule has 18 heavy (non-hydrogen) atoms. The van der Waals surface area contributed by atoms with Crippen LogP contribution in [0.4, 0.5) is 0 Å². The van der Waals surface area contributed by atoms with Gasteiger partial charge >= 0.3 is 23.1 Å². The van der Waals surface area contributed by atoms with E-state index >= 15 is 0 Å². The topological polar surface area (TPSA) is 0 Å². The van der Waals surface area contributed by atoms with Gasteiger partial charge in [0.1, 0.15) is 0 Å². The number of hydrogen-bond donors (Lipinski definition) is 0. The molecule has 0 heterocycles. The average Bonchev–Trinajstić information content (AvgIpc) is 2.26. The molecule has 0 nitrogen and oxygen atoms in total. The first kappa shape index (κ1) is 27.2. The molecule has 0 radical (unpaired) electrons. The van der Waals surface area contributed by atoms with Gasteiger partial charge in [0, 0.05) is 0 Å². The van der Waals surface area contributed by atoms with Gasteiger partial charge in [0.05, 0.1) is 0 Å². The molecule has 0 saturated carbocycles. The number of allylic oxidation sites excluding steroid dienone is 4. The van der Waals surface area contributed by atoms with E-state index in [4.69, 9.17) is 0 Å². The predicted molar refractivity (Wildman–Crippen MR) is 76.9 cm³/mol. The Morgan fingerprint density at radius 2 is 1.06 bits per heavy atom. The van der Waals surface area contributed by atoms with Crippen molar-refractivity contribution in [3.8, 4) is 0 Å². The van der Waals surface area contributed by atoms with Crippen LogP contribution in [0.5, 0.6) is 0 Å². The minimum atomic E-state index is 0. The van der Waals surface area contributed by atoms with Crippen molar-refractivity contribution in [3.05, 3.63) is 24.3 Å². The van der Waals surface area contributed by atoms with Crippen LogP contribution < -0.4 is 24.8 Å². The van der Waals surface area contributed by atoms with Crippen LogP contribution in [0.2, 0.25) is 0 Å². The van der Waals surface area contributed by atoms with Crippen molar-refractivity contribution < 1.29 is 24.8 Å². The van der Waals surface area contributed by atoms with Gasteiger partial charge in [-0.15, -0.1) is 0 Å². The van der Waals surface area contributed by atoms with E-state index in [0.717, 1.165) is 0 Å². The molecule has 0 amide bonds. The summed E-state index contributed by atoms with van der Waals surface area (Å²) in [5, 5.41) is 0. The first-order valence-electron chi connectivity index (χ1n) is 6.73. The molecular formula is C15H28Cl2Mg. The quantitative estimate of drug-likeness (QED) is 0.284. The Bertz CT molecular complexity index is 168. The van der Waals surface area contributed by atoms with E-state index in [1.807, 2.05) is 0 Å². The van der Waals surface area contributed by atoms with Gasteiger partial charge in [-0.05, 0) is 19.3 Å². The van der Waals surface area contributed by atoms with Gasteiger partial charge in [-0.25, -0.2) is 0 Å². The van der Waals surface area contributed by atoms with Crippen LogP contribution in [0.25, 0.3) is 0 Å². The third-order valence-electron chi connectivity index (χ3n) is 2.58. The summed E-state index contributed by atoms with van der Waals surface area (Å²) >= 11 is 0. The smallest absolute Gasteiger partial charge is 1.00 e. The van der Waals surface area contributed by atoms with Crippen LogP contribution in [0.15, 0.2) is 24.3 Å². The summed E-state index contributed by atoms with van der Waals surface area (Å²) in [6, 6.07) is 0. The maximum absolute atomic E-state index is 2.30. The van der Waals surface area contributed by atoms with E-state index in [1.165, 1.54) is 57.8 Å². The largest absolute Gasteiger partial charge is 2.00 e. The van der Waals surface area contributed by atoms with Crippen LogP contribution in [0.3, 0.4) is 0 Å². The Hall–Kier alpha value is 0.826. The molecule has 0 aliphatic carbocycles. The van der Waals surface area contributed by atoms with Crippen molar-refractivity contribution in [3.63, 3.8) is 0 Å². The monoisotopic (exact) mass is 302 g/mol. The van der Waals surface area contributed by atoms with Gasteiger partial charge in [0.2, 0.25) is 0 Å². The average molecular weight is 304 g/mol. The van der Waals surface area contributed by atoms with Crippen molar-refractivity contribution in [1.82, 2.24) is 0 Å². The Balaban J connectivity index is -0.000000327. The van der Waals surface area contributed by atoms with Gasteiger partial charge in [-0.2, -0.15) is 0 Å². The number of unbranched alkanes of at least 4 members (excludes halogenated alkanes) is 7. The van der Waals surface area contributed by atoms with E-state index in [9.17, 15) is 0 Å². The second-order valence-electron chi connectivity index (χ2n) is 4.20. The molecule has 0 unspecified atom stereocenters. The molecule has 0 aromatic rings. The number of hydrogen-bond acceptors (Lipinski definition) is 0. The molecule has 0 aliphatic heterocycles. The molecular weight excluding hydrogens is 275 g/mol. The molecule has 0 fully saturated rings. The summed E-state index contributed by atoms with van der Waals surface area (Å²) < 4.78 is 0. The minimum absolute atomic E-state index is 0. The normalized spacial score (nSPS) is 9.89. The van der Waals surface area contributed by atoms with Crippen molar-refractivity contribution >= 4 is 23.1 Å². The summed E-state index contributed by atoms with van der Waals surface area (Å²) in [5.74, 6) is 0. The van der Waals surface area contributed by atoms with Gasteiger partial charge < -0.3 is 24.8 Å². The predicted octanol–water partition coefficient (Wildman–Crippen LogP) is -0.723. The van der Waals surface area contributed by atoms with Gasteiger partial charge in [-0.1, -0.05) is 76.7 Å². The Morgan fingerprint density at radius 1 is 0.611 bits per heavy atom. The molecule has 0 saturated heterocycles. The summed E-state index contributed by atoms with van der Waals surface area (Å²) in [6.07, 6.45) is 21.0. The standard InChI is InChI=1S/C15H28.2ClH.Mg/c1-3-5-7-9-11-13-15-14-12-10-8-6-4-2;;;/h9,11,13,15H,3-8,10,12,14H2,1-2H3;2*1H;/q;;;+2/p-2/b11-9-,15-13+;;;. The molecule has 0 aromatic heterocycles. The van der Waals surface area contributed by atoms with Crippen molar-refractivity contribution in [2.75, 3.05) is 0 Å². The van der Waals surface area contributed by atoms with E-state index < -0.39 is 0 Å². The summed E-state index contributed by atoms with van der Waals surface area (Å²) in [6.45, 7) is 4.50. The van der Waals surface area contributed by atoms with Crippen LogP contribution in [-0.2, 0) is 0 Å². The maximum atomic E-state index is 2.30. The number of rotatable bonds is 10. The maximum Gasteiger partial charge on any atom is 2.00 e. The fourth-order valence-electron chi connectivity index (χ4n) is 1.54. The molecule has 0 rings (SSSR count). The van der Waals surface area contributed by atoms with Gasteiger partial charge in [0.25, 0.3) is 0 Å². The molecule has 0 aliphatic rings. The molecule has 3 heteroatoms. The molecule has 0 bridgehead atoms. The third-order valence-corrected chi connectivity index (χ3v) is 2.58. The van der Waals surface area contributed by atoms with Crippen LogP contribution in [0.1, 0.15) is 71.6 Å². The Morgan fingerprint density at radius 3 is 1.56 bits per heavy atom. The summed E-state index contributed by atoms with van der Waals surface area (Å²) in [4.78, 5) is 0. The van der Waals surface area contributed by atoms with Gasteiger partial charge in [0.15, 0.2) is 0 Å². The fraction of sp³-hybridized carbons (Fsp3) is 0.733. The summed E-state index contributed by atoms with van der Waals surface area (Å²) in [5.41, 5.74) is 0. The minimum Gasteiger partial charge on any atom is -1.00 e. The molecule has 0 N–H and O–H groups in total. The second kappa shape index (κ2) is 26.4. The Kier molecular flexibility index (Phi) is 39.9. The first-order chi connectivity index (χ1) is 7.41. The van der Waals surface area contributed by atoms with E-state index in [2.05, 4.69) is 38.2 Å². The molecule has 0 atom stereocenters. The van der Waals surface area contributed by atoms with Crippen LogP contribution >= 0.6 is 0 Å². The molecule has 0 spiro atoms. The zero-order valence-electron chi connectivity index (χ0n) is 12.1. The van der Waals surface area contributed by atoms with Crippen LogP contribution in [-0.4, -0.2) is 23.1 Å². The van der Waals surface area contributed by atoms with Crippen molar-refractivity contribution in [2.45, 2.75) is 71.6 Å². The third kappa shape index (κ3) is 25.6. The summed E-state index contributed by atoms with van der Waals surface area (Å²) in [7, 11) is 0. The van der Waals surface area contributed by atoms with E-state index in [0.29, 0.717) is 0 Å². The Labute approximate surface area is 143 Å². The van der Waals surface area contributed by atoms with Crippen LogP contribution in [0, 0.1) is 0 Å². The SMILES string of the molecule is CCCC/C=C\C=C\CCCCCCC.[Cl-].[Cl-].[Mg+2].